The van der Waals surface area contributed by atoms with Crippen molar-refractivity contribution in [1.82, 2.24) is 0 Å². The SMILES string of the molecule is CC[Si](CC)(CC)c1ccc(C(=C2C=CC=C2)c2ccc([Si](CC)(CC)CC)cc2)cc1. The molecule has 3 rings (SSSR count). The summed E-state index contributed by atoms with van der Waals surface area (Å²) in [5, 5.41) is 3.24. The molecule has 1 aliphatic rings. The maximum atomic E-state index is 2.44. The molecule has 0 amide bonds. The second-order valence-electron chi connectivity index (χ2n) is 9.39. The standard InChI is InChI=1S/C30H42Si2/c1-7-31(8-2,9-3)28-21-17-26(18-22-28)30(25-15-13-14-16-25)27-19-23-29(24-20-27)32(10-4,11-5)12-6/h13-24H,7-12H2,1-6H3. The van der Waals surface area contributed by atoms with Crippen LogP contribution in [-0.4, -0.2) is 16.1 Å². The molecule has 0 radical (unpaired) electrons. The summed E-state index contributed by atoms with van der Waals surface area (Å²) in [4.78, 5) is 0. The zero-order valence-corrected chi connectivity index (χ0v) is 23.2. The van der Waals surface area contributed by atoms with E-state index in [1.807, 2.05) is 0 Å². The molecule has 0 aliphatic heterocycles. The van der Waals surface area contributed by atoms with Crippen molar-refractivity contribution in [2.75, 3.05) is 0 Å². The quantitative estimate of drug-likeness (QED) is 0.316. The summed E-state index contributed by atoms with van der Waals surface area (Å²) in [5.41, 5.74) is 5.36. The molecule has 0 heterocycles. The van der Waals surface area contributed by atoms with Gasteiger partial charge in [-0.05, 0) is 22.3 Å². The van der Waals surface area contributed by atoms with Crippen molar-refractivity contribution in [1.29, 1.82) is 0 Å². The van der Waals surface area contributed by atoms with Gasteiger partial charge in [0.25, 0.3) is 0 Å². The molecule has 2 aromatic carbocycles. The van der Waals surface area contributed by atoms with E-state index in [4.69, 9.17) is 0 Å². The van der Waals surface area contributed by atoms with Gasteiger partial charge in [0.2, 0.25) is 0 Å². The van der Waals surface area contributed by atoms with Gasteiger partial charge in [-0.25, -0.2) is 0 Å². The van der Waals surface area contributed by atoms with Gasteiger partial charge in [0.1, 0.15) is 0 Å². The summed E-state index contributed by atoms with van der Waals surface area (Å²) >= 11 is 0. The molecule has 0 unspecified atom stereocenters. The highest BCUT2D eigenvalue weighted by Crippen LogP contribution is 2.31. The highest BCUT2D eigenvalue weighted by Gasteiger charge is 2.30. The molecule has 32 heavy (non-hydrogen) atoms. The highest BCUT2D eigenvalue weighted by molar-refractivity contribution is 6.92. The number of rotatable bonds is 10. The minimum Gasteiger partial charge on any atom is -0.0675 e. The Morgan fingerprint density at radius 2 is 0.812 bits per heavy atom. The van der Waals surface area contributed by atoms with Crippen molar-refractivity contribution in [2.24, 2.45) is 0 Å². The first-order chi connectivity index (χ1) is 15.5. The van der Waals surface area contributed by atoms with E-state index in [0.717, 1.165) is 0 Å². The Hall–Kier alpha value is -1.91. The molecule has 0 spiro atoms. The van der Waals surface area contributed by atoms with E-state index in [0.29, 0.717) is 0 Å². The van der Waals surface area contributed by atoms with Gasteiger partial charge in [-0.1, -0.05) is 161 Å². The summed E-state index contributed by atoms with van der Waals surface area (Å²) in [6.45, 7) is 14.3. The van der Waals surface area contributed by atoms with Crippen LogP contribution in [0.2, 0.25) is 36.3 Å². The molecule has 0 aromatic heterocycles. The third-order valence-corrected chi connectivity index (χ3v) is 19.8. The van der Waals surface area contributed by atoms with Gasteiger partial charge >= 0.3 is 0 Å². The highest BCUT2D eigenvalue weighted by atomic mass is 28.3. The Morgan fingerprint density at radius 3 is 1.09 bits per heavy atom. The second-order valence-corrected chi connectivity index (χ2v) is 19.9. The van der Waals surface area contributed by atoms with Crippen molar-refractivity contribution < 1.29 is 0 Å². The van der Waals surface area contributed by atoms with Crippen LogP contribution in [0.1, 0.15) is 52.7 Å². The van der Waals surface area contributed by atoms with Crippen LogP contribution in [0.25, 0.3) is 5.57 Å². The molecule has 170 valence electrons. The minimum atomic E-state index is -1.34. The Labute approximate surface area is 199 Å². The molecule has 1 aliphatic carbocycles. The van der Waals surface area contributed by atoms with Crippen LogP contribution in [0.5, 0.6) is 0 Å². The van der Waals surface area contributed by atoms with Gasteiger partial charge in [-0.2, -0.15) is 0 Å². The van der Waals surface area contributed by atoms with Crippen LogP contribution in [0.15, 0.2) is 78.4 Å². The first kappa shape index (κ1) is 24.7. The Kier molecular flexibility index (Phi) is 8.35. The van der Waals surface area contributed by atoms with Crippen molar-refractivity contribution in [3.63, 3.8) is 0 Å². The number of hydrogen-bond donors (Lipinski definition) is 0. The van der Waals surface area contributed by atoms with Gasteiger partial charge in [-0.15, -0.1) is 0 Å². The van der Waals surface area contributed by atoms with E-state index in [9.17, 15) is 0 Å². The molecule has 0 nitrogen and oxygen atoms in total. The molecular weight excluding hydrogens is 417 g/mol. The van der Waals surface area contributed by atoms with Crippen LogP contribution in [0.3, 0.4) is 0 Å². The minimum absolute atomic E-state index is 1.32. The van der Waals surface area contributed by atoms with Crippen LogP contribution in [0.4, 0.5) is 0 Å². The lowest BCUT2D eigenvalue weighted by Crippen LogP contribution is -2.45. The van der Waals surface area contributed by atoms with E-state index in [1.54, 1.807) is 10.4 Å². The van der Waals surface area contributed by atoms with Gasteiger partial charge in [0, 0.05) is 0 Å². The predicted molar refractivity (Wildman–Crippen MR) is 151 cm³/mol. The largest absolute Gasteiger partial charge is 0.0859 e. The number of benzene rings is 2. The number of allylic oxidation sites excluding steroid dienone is 5. The summed E-state index contributed by atoms with van der Waals surface area (Å²) in [5.74, 6) is 0. The molecule has 2 heteroatoms. The lowest BCUT2D eigenvalue weighted by molar-refractivity contribution is 1.19. The Morgan fingerprint density at radius 1 is 0.500 bits per heavy atom. The Bertz CT molecular complexity index is 870. The predicted octanol–water partition coefficient (Wildman–Crippen LogP) is 8.05. The maximum Gasteiger partial charge on any atom is 0.0859 e. The molecule has 0 bridgehead atoms. The first-order valence-electron chi connectivity index (χ1n) is 12.8. The molecule has 0 fully saturated rings. The molecule has 0 saturated heterocycles. The molecule has 0 atom stereocenters. The van der Waals surface area contributed by atoms with Crippen LogP contribution in [0, 0.1) is 0 Å². The van der Waals surface area contributed by atoms with E-state index in [-0.39, 0.29) is 0 Å². The lowest BCUT2D eigenvalue weighted by atomic mass is 9.93. The zero-order chi connectivity index (χ0) is 23.2. The third-order valence-electron chi connectivity index (χ3n) is 8.58. The van der Waals surface area contributed by atoms with Gasteiger partial charge < -0.3 is 0 Å². The second kappa shape index (κ2) is 10.8. The third kappa shape index (κ3) is 4.58. The monoisotopic (exact) mass is 458 g/mol. The van der Waals surface area contributed by atoms with E-state index >= 15 is 0 Å². The van der Waals surface area contributed by atoms with Crippen LogP contribution < -0.4 is 10.4 Å². The van der Waals surface area contributed by atoms with Crippen LogP contribution >= 0.6 is 0 Å². The topological polar surface area (TPSA) is 0 Å². The zero-order valence-electron chi connectivity index (χ0n) is 21.2. The van der Waals surface area contributed by atoms with Crippen molar-refractivity contribution >= 4 is 32.1 Å². The lowest BCUT2D eigenvalue weighted by Gasteiger charge is -2.29. The fourth-order valence-corrected chi connectivity index (χ4v) is 12.9. The van der Waals surface area contributed by atoms with E-state index in [2.05, 4.69) is 114 Å². The molecule has 0 saturated carbocycles. The average Bonchev–Trinajstić information content (AvgIpc) is 3.38. The number of hydrogen-bond acceptors (Lipinski definition) is 0. The Balaban J connectivity index is 2.05. The van der Waals surface area contributed by atoms with E-state index in [1.165, 1.54) is 58.5 Å². The first-order valence-corrected chi connectivity index (χ1v) is 18.1. The van der Waals surface area contributed by atoms with Crippen LogP contribution in [-0.2, 0) is 0 Å². The summed E-state index contributed by atoms with van der Waals surface area (Å²) in [6, 6.07) is 27.3. The fraction of sp³-hybridized carbons (Fsp3) is 0.400. The summed E-state index contributed by atoms with van der Waals surface area (Å²) in [6.07, 6.45) is 8.82. The normalized spacial score (nSPS) is 13.8. The van der Waals surface area contributed by atoms with Gasteiger partial charge in [-0.3, -0.25) is 0 Å². The van der Waals surface area contributed by atoms with Crippen molar-refractivity contribution in [2.45, 2.75) is 77.8 Å². The summed E-state index contributed by atoms with van der Waals surface area (Å²) in [7, 11) is -2.69. The molecule has 2 aromatic rings. The fourth-order valence-electron chi connectivity index (χ4n) is 5.75. The molecular formula is C30H42Si2. The van der Waals surface area contributed by atoms with Gasteiger partial charge in [0.15, 0.2) is 0 Å². The summed E-state index contributed by atoms with van der Waals surface area (Å²) < 4.78 is 0. The molecule has 0 N–H and O–H groups in total. The van der Waals surface area contributed by atoms with Crippen molar-refractivity contribution in [3.8, 4) is 0 Å². The van der Waals surface area contributed by atoms with Crippen molar-refractivity contribution in [3.05, 3.63) is 89.5 Å². The average molecular weight is 459 g/mol. The maximum absolute atomic E-state index is 2.44. The van der Waals surface area contributed by atoms with E-state index < -0.39 is 16.1 Å². The van der Waals surface area contributed by atoms with Gasteiger partial charge in [0.05, 0.1) is 16.1 Å². The smallest absolute Gasteiger partial charge is 0.0675 e.